The predicted octanol–water partition coefficient (Wildman–Crippen LogP) is 2.90. The molecule has 0 aliphatic heterocycles. The fourth-order valence-electron chi connectivity index (χ4n) is 1.83. The van der Waals surface area contributed by atoms with Crippen LogP contribution in [0, 0.1) is 5.82 Å². The number of halogens is 1. The van der Waals surface area contributed by atoms with E-state index in [4.69, 9.17) is 0 Å². The highest BCUT2D eigenvalue weighted by atomic mass is 32.2. The summed E-state index contributed by atoms with van der Waals surface area (Å²) < 4.78 is 13.1. The summed E-state index contributed by atoms with van der Waals surface area (Å²) in [6.45, 7) is 2.18. The first-order valence-corrected chi connectivity index (χ1v) is 7.41. The number of fused-ring (bicyclic) bond motifs is 1. The molecule has 0 bridgehead atoms. The van der Waals surface area contributed by atoms with E-state index in [9.17, 15) is 9.50 Å². The number of benzene rings is 1. The van der Waals surface area contributed by atoms with Crippen molar-refractivity contribution in [2.75, 3.05) is 23.9 Å². The number of hydrogen-bond acceptors (Lipinski definition) is 4. The van der Waals surface area contributed by atoms with Crippen LogP contribution in [0.5, 0.6) is 0 Å². The number of aliphatic hydroxyl groups is 1. The summed E-state index contributed by atoms with van der Waals surface area (Å²) in [5, 5.41) is 14.0. The zero-order valence-electron chi connectivity index (χ0n) is 11.0. The molecular weight excluding hydrogens is 263 g/mol. The summed E-state index contributed by atoms with van der Waals surface area (Å²) in [6.07, 6.45) is 1.95. The van der Waals surface area contributed by atoms with Crippen LogP contribution in [0.2, 0.25) is 0 Å². The lowest BCUT2D eigenvalue weighted by atomic mass is 10.1. The van der Waals surface area contributed by atoms with Crippen LogP contribution in [0.4, 0.5) is 10.2 Å². The van der Waals surface area contributed by atoms with E-state index in [2.05, 4.69) is 10.3 Å². The molecule has 2 N–H and O–H groups in total. The Morgan fingerprint density at radius 1 is 1.37 bits per heavy atom. The van der Waals surface area contributed by atoms with Crippen molar-refractivity contribution in [3.05, 3.63) is 36.1 Å². The standard InChI is InChI=1S/C14H17FN2OS/c1-14(18,9-19-2)8-16-13-6-4-10-3-5-11(15)7-12(10)17-13/h3-7,18H,8-9H2,1-2H3,(H,16,17)/t14-/m0/s1. The SMILES string of the molecule is CSC[C@@](C)(O)CNc1ccc2ccc(F)cc2n1. The largest absolute Gasteiger partial charge is 0.387 e. The molecule has 0 spiro atoms. The molecule has 0 aliphatic rings. The van der Waals surface area contributed by atoms with Gasteiger partial charge in [-0.15, -0.1) is 0 Å². The van der Waals surface area contributed by atoms with E-state index < -0.39 is 5.60 Å². The van der Waals surface area contributed by atoms with Crippen LogP contribution in [-0.4, -0.2) is 34.2 Å². The second-order valence-corrected chi connectivity index (χ2v) is 5.68. The van der Waals surface area contributed by atoms with E-state index in [-0.39, 0.29) is 5.82 Å². The molecule has 1 atom stereocenters. The summed E-state index contributed by atoms with van der Waals surface area (Å²) in [5.74, 6) is 0.980. The van der Waals surface area contributed by atoms with Gasteiger partial charge in [0.05, 0.1) is 11.1 Å². The second kappa shape index (κ2) is 5.75. The van der Waals surface area contributed by atoms with Crippen LogP contribution in [0.3, 0.4) is 0 Å². The molecule has 0 amide bonds. The third kappa shape index (κ3) is 3.81. The van der Waals surface area contributed by atoms with Crippen LogP contribution >= 0.6 is 11.8 Å². The topological polar surface area (TPSA) is 45.1 Å². The fourth-order valence-corrected chi connectivity index (χ4v) is 2.56. The summed E-state index contributed by atoms with van der Waals surface area (Å²) in [6, 6.07) is 8.23. The number of hydrogen-bond donors (Lipinski definition) is 2. The van der Waals surface area contributed by atoms with Crippen molar-refractivity contribution in [1.82, 2.24) is 4.98 Å². The Labute approximate surface area is 116 Å². The summed E-state index contributed by atoms with van der Waals surface area (Å²) in [7, 11) is 0. The maximum absolute atomic E-state index is 13.1. The van der Waals surface area contributed by atoms with E-state index in [1.165, 1.54) is 12.1 Å². The first-order chi connectivity index (χ1) is 9.00. The third-order valence-corrected chi connectivity index (χ3v) is 3.67. The van der Waals surface area contributed by atoms with Crippen LogP contribution in [0.15, 0.2) is 30.3 Å². The molecule has 19 heavy (non-hydrogen) atoms. The van der Waals surface area contributed by atoms with Gasteiger partial charge in [0.2, 0.25) is 0 Å². The van der Waals surface area contributed by atoms with Gasteiger partial charge in [0.25, 0.3) is 0 Å². The molecular formula is C14H17FN2OS. The molecule has 0 radical (unpaired) electrons. The van der Waals surface area contributed by atoms with Gasteiger partial charge in [-0.05, 0) is 37.4 Å². The number of aromatic nitrogens is 1. The summed E-state index contributed by atoms with van der Waals surface area (Å²) in [5.41, 5.74) is -0.188. The Morgan fingerprint density at radius 3 is 2.84 bits per heavy atom. The molecule has 3 nitrogen and oxygen atoms in total. The molecule has 0 aliphatic carbocycles. The van der Waals surface area contributed by atoms with Gasteiger partial charge >= 0.3 is 0 Å². The van der Waals surface area contributed by atoms with Gasteiger partial charge in [0.1, 0.15) is 11.6 Å². The zero-order chi connectivity index (χ0) is 13.9. The van der Waals surface area contributed by atoms with Crippen molar-refractivity contribution in [1.29, 1.82) is 0 Å². The normalized spacial score (nSPS) is 14.3. The van der Waals surface area contributed by atoms with Crippen LogP contribution in [-0.2, 0) is 0 Å². The fraction of sp³-hybridized carbons (Fsp3) is 0.357. The summed E-state index contributed by atoms with van der Waals surface area (Å²) >= 11 is 1.59. The van der Waals surface area contributed by atoms with Crippen molar-refractivity contribution in [3.8, 4) is 0 Å². The average molecular weight is 280 g/mol. The Kier molecular flexibility index (Phi) is 4.27. The highest BCUT2D eigenvalue weighted by molar-refractivity contribution is 7.98. The molecule has 5 heteroatoms. The molecule has 0 saturated heterocycles. The monoisotopic (exact) mass is 280 g/mol. The number of thioether (sulfide) groups is 1. The molecule has 0 unspecified atom stereocenters. The Bertz CT molecular complexity index is 574. The van der Waals surface area contributed by atoms with Gasteiger partial charge in [-0.3, -0.25) is 0 Å². The van der Waals surface area contributed by atoms with E-state index in [1.807, 2.05) is 18.4 Å². The molecule has 1 heterocycles. The molecule has 1 aromatic heterocycles. The van der Waals surface area contributed by atoms with Crippen LogP contribution < -0.4 is 5.32 Å². The average Bonchev–Trinajstić information content (AvgIpc) is 2.36. The lowest BCUT2D eigenvalue weighted by molar-refractivity contribution is 0.0996. The smallest absolute Gasteiger partial charge is 0.126 e. The zero-order valence-corrected chi connectivity index (χ0v) is 11.8. The predicted molar refractivity (Wildman–Crippen MR) is 79.2 cm³/mol. The van der Waals surface area contributed by atoms with E-state index in [1.54, 1.807) is 24.8 Å². The molecule has 2 aromatic rings. The number of nitrogens with zero attached hydrogens (tertiary/aromatic N) is 1. The highest BCUT2D eigenvalue weighted by Gasteiger charge is 2.19. The first-order valence-electron chi connectivity index (χ1n) is 6.02. The van der Waals surface area contributed by atoms with E-state index >= 15 is 0 Å². The minimum atomic E-state index is -0.794. The van der Waals surface area contributed by atoms with Crippen LogP contribution in [0.25, 0.3) is 10.9 Å². The van der Waals surface area contributed by atoms with E-state index in [0.717, 1.165) is 5.39 Å². The molecule has 102 valence electrons. The quantitative estimate of drug-likeness (QED) is 0.884. The number of nitrogens with one attached hydrogen (secondary N) is 1. The number of rotatable bonds is 5. The van der Waals surface area contributed by atoms with Gasteiger partial charge in [-0.25, -0.2) is 9.37 Å². The molecule has 1 aromatic carbocycles. The third-order valence-electron chi connectivity index (χ3n) is 2.76. The van der Waals surface area contributed by atoms with Gasteiger partial charge in [0, 0.05) is 23.8 Å². The van der Waals surface area contributed by atoms with Crippen molar-refractivity contribution in [2.24, 2.45) is 0 Å². The number of pyridine rings is 1. The maximum atomic E-state index is 13.1. The van der Waals surface area contributed by atoms with Crippen molar-refractivity contribution in [3.63, 3.8) is 0 Å². The molecule has 0 saturated carbocycles. The van der Waals surface area contributed by atoms with Crippen molar-refractivity contribution in [2.45, 2.75) is 12.5 Å². The van der Waals surface area contributed by atoms with Gasteiger partial charge in [-0.1, -0.05) is 0 Å². The first kappa shape index (κ1) is 14.1. The minimum Gasteiger partial charge on any atom is -0.387 e. The van der Waals surface area contributed by atoms with Gasteiger partial charge in [0.15, 0.2) is 0 Å². The lowest BCUT2D eigenvalue weighted by Gasteiger charge is -2.22. The Hall–Kier alpha value is -1.33. The molecule has 0 fully saturated rings. The Morgan fingerprint density at radius 2 is 2.11 bits per heavy atom. The van der Waals surface area contributed by atoms with E-state index in [0.29, 0.717) is 23.6 Å². The minimum absolute atomic E-state index is 0.300. The number of anilines is 1. The second-order valence-electron chi connectivity index (χ2n) is 4.82. The van der Waals surface area contributed by atoms with Crippen LogP contribution in [0.1, 0.15) is 6.92 Å². The maximum Gasteiger partial charge on any atom is 0.126 e. The lowest BCUT2D eigenvalue weighted by Crippen LogP contribution is -2.36. The van der Waals surface area contributed by atoms with Gasteiger partial charge < -0.3 is 10.4 Å². The van der Waals surface area contributed by atoms with Crippen molar-refractivity contribution < 1.29 is 9.50 Å². The molecule has 2 rings (SSSR count). The van der Waals surface area contributed by atoms with Crippen molar-refractivity contribution >= 4 is 28.5 Å². The Balaban J connectivity index is 2.13. The highest BCUT2D eigenvalue weighted by Crippen LogP contribution is 2.17. The summed E-state index contributed by atoms with van der Waals surface area (Å²) in [4.78, 5) is 4.33. The van der Waals surface area contributed by atoms with Gasteiger partial charge in [-0.2, -0.15) is 11.8 Å².